The molecule has 6 heteroatoms. The van der Waals surface area contributed by atoms with Crippen molar-refractivity contribution in [1.82, 2.24) is 24.7 Å². The molecule has 0 saturated carbocycles. The highest BCUT2D eigenvalue weighted by Gasteiger charge is 2.23. The van der Waals surface area contributed by atoms with E-state index in [4.69, 9.17) is 0 Å². The zero-order valence-electron chi connectivity index (χ0n) is 9.98. The van der Waals surface area contributed by atoms with E-state index in [1.807, 2.05) is 16.7 Å². The van der Waals surface area contributed by atoms with Gasteiger partial charge >= 0.3 is 0 Å². The molecular formula is C13H11N5O. The van der Waals surface area contributed by atoms with E-state index < -0.39 is 0 Å². The molecule has 4 rings (SSSR count). The first-order valence-electron chi connectivity index (χ1n) is 6.04. The highest BCUT2D eigenvalue weighted by Crippen LogP contribution is 2.24. The lowest BCUT2D eigenvalue weighted by atomic mass is 10.2. The van der Waals surface area contributed by atoms with Gasteiger partial charge in [-0.15, -0.1) is 0 Å². The number of imidazole rings is 1. The quantitative estimate of drug-likeness (QED) is 0.669. The molecule has 19 heavy (non-hydrogen) atoms. The first-order valence-corrected chi connectivity index (χ1v) is 6.04. The molecule has 0 bridgehead atoms. The average Bonchev–Trinajstić information content (AvgIpc) is 3.18. The van der Waals surface area contributed by atoms with Gasteiger partial charge in [-0.25, -0.2) is 9.97 Å². The lowest BCUT2D eigenvalue weighted by Crippen LogP contribution is -1.95. The Kier molecular flexibility index (Phi) is 2.07. The second kappa shape index (κ2) is 3.76. The van der Waals surface area contributed by atoms with Gasteiger partial charge in [-0.3, -0.25) is 4.40 Å². The lowest BCUT2D eigenvalue weighted by molar-refractivity contribution is 0.452. The molecule has 1 aliphatic heterocycles. The summed E-state index contributed by atoms with van der Waals surface area (Å²) in [6, 6.07) is 5.93. The van der Waals surface area contributed by atoms with Crippen molar-refractivity contribution in [2.75, 3.05) is 6.54 Å². The van der Waals surface area contributed by atoms with E-state index in [-0.39, 0.29) is 5.88 Å². The molecule has 0 spiro atoms. The van der Waals surface area contributed by atoms with Gasteiger partial charge in [0.2, 0.25) is 5.88 Å². The van der Waals surface area contributed by atoms with Crippen LogP contribution in [0.2, 0.25) is 0 Å². The Hall–Kier alpha value is -2.47. The van der Waals surface area contributed by atoms with Gasteiger partial charge in [0.05, 0.1) is 6.20 Å². The van der Waals surface area contributed by atoms with Crippen LogP contribution in [0, 0.1) is 0 Å². The number of aromatic hydroxyl groups is 1. The fourth-order valence-electron chi connectivity index (χ4n) is 2.14. The molecule has 1 saturated heterocycles. The minimum atomic E-state index is -0.0417. The molecule has 1 atom stereocenters. The maximum absolute atomic E-state index is 9.45. The highest BCUT2D eigenvalue weighted by atomic mass is 16.3. The van der Waals surface area contributed by atoms with Crippen LogP contribution in [-0.2, 0) is 0 Å². The zero-order chi connectivity index (χ0) is 12.8. The van der Waals surface area contributed by atoms with Crippen molar-refractivity contribution in [3.8, 4) is 17.4 Å². The van der Waals surface area contributed by atoms with Crippen LogP contribution >= 0.6 is 0 Å². The van der Waals surface area contributed by atoms with Crippen LogP contribution in [0.5, 0.6) is 5.88 Å². The predicted molar refractivity (Wildman–Crippen MR) is 68.6 cm³/mol. The number of hydrogen-bond acceptors (Lipinski definition) is 5. The van der Waals surface area contributed by atoms with Crippen molar-refractivity contribution in [1.29, 1.82) is 0 Å². The van der Waals surface area contributed by atoms with E-state index in [1.54, 1.807) is 6.20 Å². The van der Waals surface area contributed by atoms with Crippen LogP contribution < -0.4 is 5.32 Å². The summed E-state index contributed by atoms with van der Waals surface area (Å²) in [4.78, 5) is 12.5. The van der Waals surface area contributed by atoms with Gasteiger partial charge in [0.15, 0.2) is 5.82 Å². The molecule has 6 nitrogen and oxygen atoms in total. The number of rotatable bonds is 2. The minimum Gasteiger partial charge on any atom is -0.493 e. The minimum absolute atomic E-state index is 0.0417. The smallest absolute Gasteiger partial charge is 0.214 e. The van der Waals surface area contributed by atoms with Crippen molar-refractivity contribution < 1.29 is 5.11 Å². The van der Waals surface area contributed by atoms with Crippen LogP contribution in [-0.4, -0.2) is 31.0 Å². The fraction of sp³-hybridized carbons (Fsp3) is 0.154. The molecule has 0 aliphatic carbocycles. The normalized spacial score (nSPS) is 17.8. The van der Waals surface area contributed by atoms with Crippen LogP contribution in [0.4, 0.5) is 0 Å². The number of nitrogens with one attached hydrogen (secondary N) is 1. The van der Waals surface area contributed by atoms with Gasteiger partial charge in [0.1, 0.15) is 11.3 Å². The summed E-state index contributed by atoms with van der Waals surface area (Å²) in [7, 11) is 0. The standard InChI is InChI=1S/C13H11N5O/c19-12-3-4-14-13(17-12)10-6-16-11-2-1-8(7-18(10)11)9-5-15-9/h1-4,6-7,9,15H,5H2,(H,14,17,19). The molecule has 1 unspecified atom stereocenters. The third-order valence-electron chi connectivity index (χ3n) is 3.21. The summed E-state index contributed by atoms with van der Waals surface area (Å²) < 4.78 is 1.95. The van der Waals surface area contributed by atoms with Crippen LogP contribution in [0.3, 0.4) is 0 Å². The van der Waals surface area contributed by atoms with Crippen molar-refractivity contribution >= 4 is 5.65 Å². The monoisotopic (exact) mass is 253 g/mol. The topological polar surface area (TPSA) is 85.2 Å². The number of aromatic nitrogens is 4. The summed E-state index contributed by atoms with van der Waals surface area (Å²) in [6.07, 6.45) is 5.29. The summed E-state index contributed by atoms with van der Waals surface area (Å²) in [5.74, 6) is 0.424. The average molecular weight is 253 g/mol. The molecule has 4 heterocycles. The largest absolute Gasteiger partial charge is 0.493 e. The summed E-state index contributed by atoms with van der Waals surface area (Å²) in [6.45, 7) is 1.01. The maximum Gasteiger partial charge on any atom is 0.214 e. The van der Waals surface area contributed by atoms with Crippen molar-refractivity contribution in [2.45, 2.75) is 6.04 Å². The van der Waals surface area contributed by atoms with Crippen molar-refractivity contribution in [3.63, 3.8) is 0 Å². The second-order valence-electron chi connectivity index (χ2n) is 4.53. The van der Waals surface area contributed by atoms with Crippen LogP contribution in [0.25, 0.3) is 17.2 Å². The number of hydrogen-bond donors (Lipinski definition) is 2. The third-order valence-corrected chi connectivity index (χ3v) is 3.21. The Morgan fingerprint density at radius 3 is 2.95 bits per heavy atom. The Balaban J connectivity index is 1.91. The van der Waals surface area contributed by atoms with Gasteiger partial charge in [0, 0.05) is 31.0 Å². The molecule has 0 aromatic carbocycles. The van der Waals surface area contributed by atoms with E-state index >= 15 is 0 Å². The predicted octanol–water partition coefficient (Wildman–Crippen LogP) is 1.14. The molecular weight excluding hydrogens is 242 g/mol. The molecule has 1 aliphatic rings. The second-order valence-corrected chi connectivity index (χ2v) is 4.53. The third kappa shape index (κ3) is 1.73. The van der Waals surface area contributed by atoms with Gasteiger partial charge in [-0.2, -0.15) is 4.98 Å². The first kappa shape index (κ1) is 10.5. The van der Waals surface area contributed by atoms with E-state index in [2.05, 4.69) is 26.3 Å². The Morgan fingerprint density at radius 1 is 1.26 bits per heavy atom. The van der Waals surface area contributed by atoms with Crippen LogP contribution in [0.1, 0.15) is 11.6 Å². The number of nitrogens with zero attached hydrogens (tertiary/aromatic N) is 4. The molecule has 0 radical (unpaired) electrons. The van der Waals surface area contributed by atoms with Crippen molar-refractivity contribution in [2.24, 2.45) is 0 Å². The maximum atomic E-state index is 9.45. The molecule has 94 valence electrons. The van der Waals surface area contributed by atoms with Gasteiger partial charge < -0.3 is 10.4 Å². The lowest BCUT2D eigenvalue weighted by Gasteiger charge is -2.03. The van der Waals surface area contributed by atoms with Crippen molar-refractivity contribution in [3.05, 3.63) is 42.4 Å². The van der Waals surface area contributed by atoms with Crippen LogP contribution in [0.15, 0.2) is 36.8 Å². The highest BCUT2D eigenvalue weighted by molar-refractivity contribution is 5.57. The summed E-state index contributed by atoms with van der Waals surface area (Å²) in [5.41, 5.74) is 2.83. The Bertz CT molecular complexity index is 763. The zero-order valence-corrected chi connectivity index (χ0v) is 9.98. The molecule has 3 aromatic rings. The SMILES string of the molecule is Oc1ccnc(-c2cnc3ccc(C4CN4)cn23)n1. The van der Waals surface area contributed by atoms with Gasteiger partial charge in [0.25, 0.3) is 0 Å². The summed E-state index contributed by atoms with van der Waals surface area (Å²) in [5, 5.41) is 12.7. The Labute approximate surface area is 108 Å². The summed E-state index contributed by atoms with van der Waals surface area (Å²) >= 11 is 0. The number of pyridine rings is 1. The van der Waals surface area contributed by atoms with Gasteiger partial charge in [-0.05, 0) is 11.6 Å². The first-order chi connectivity index (χ1) is 9.31. The van der Waals surface area contributed by atoms with E-state index in [1.165, 1.54) is 17.8 Å². The van der Waals surface area contributed by atoms with Gasteiger partial charge in [-0.1, -0.05) is 6.07 Å². The Morgan fingerprint density at radius 2 is 2.16 bits per heavy atom. The number of fused-ring (bicyclic) bond motifs is 1. The fourth-order valence-corrected chi connectivity index (χ4v) is 2.14. The molecule has 3 aromatic heterocycles. The van der Waals surface area contributed by atoms with E-state index in [0.717, 1.165) is 17.9 Å². The van der Waals surface area contributed by atoms with E-state index in [9.17, 15) is 5.11 Å². The van der Waals surface area contributed by atoms with E-state index in [0.29, 0.717) is 11.9 Å². The molecule has 1 fully saturated rings. The molecule has 2 N–H and O–H groups in total. The molecule has 0 amide bonds.